The van der Waals surface area contributed by atoms with E-state index in [1.165, 1.54) is 13.1 Å². The van der Waals surface area contributed by atoms with E-state index >= 15 is 0 Å². The third kappa shape index (κ3) is 7.62. The molecule has 0 saturated carbocycles. The van der Waals surface area contributed by atoms with E-state index in [0.29, 0.717) is 6.26 Å². The van der Waals surface area contributed by atoms with Gasteiger partial charge in [0, 0.05) is 12.4 Å². The molecule has 0 atom stereocenters. The second-order valence-electron chi connectivity index (χ2n) is 6.04. The van der Waals surface area contributed by atoms with E-state index in [9.17, 15) is 26.4 Å². The molecule has 1 aromatic heterocycles. The zero-order valence-electron chi connectivity index (χ0n) is 16.0. The van der Waals surface area contributed by atoms with Crippen LogP contribution in [0.4, 0.5) is 13.2 Å². The van der Waals surface area contributed by atoms with Crippen LogP contribution in [0, 0.1) is 0 Å². The first-order chi connectivity index (χ1) is 13.1. The molecule has 162 valence electrons. The van der Waals surface area contributed by atoms with Crippen LogP contribution in [0.2, 0.25) is 0 Å². The Bertz CT molecular complexity index is 1010. The summed E-state index contributed by atoms with van der Waals surface area (Å²) in [4.78, 5) is 18.3. The maximum absolute atomic E-state index is 13.2. The van der Waals surface area contributed by atoms with Crippen LogP contribution >= 0.6 is 0 Å². The average Bonchev–Trinajstić information content (AvgIpc) is 2.97. The highest BCUT2D eigenvalue weighted by Gasteiger charge is 2.34. The minimum Gasteiger partial charge on any atom is -0.489 e. The van der Waals surface area contributed by atoms with Crippen molar-refractivity contribution in [2.24, 2.45) is 10.7 Å². The van der Waals surface area contributed by atoms with Crippen LogP contribution in [0.15, 0.2) is 23.2 Å². The molecule has 1 aromatic carbocycles. The Morgan fingerprint density at radius 3 is 2.34 bits per heavy atom. The number of H-pyrrole nitrogens is 1. The highest BCUT2D eigenvalue weighted by atomic mass is 32.2. The van der Waals surface area contributed by atoms with Gasteiger partial charge in [-0.2, -0.15) is 21.6 Å². The van der Waals surface area contributed by atoms with Gasteiger partial charge in [0.15, 0.2) is 5.96 Å². The van der Waals surface area contributed by atoms with Gasteiger partial charge in [0.25, 0.3) is 16.0 Å². The highest BCUT2D eigenvalue weighted by molar-refractivity contribution is 7.85. The fraction of sp³-hybridized carbons (Fsp3) is 0.375. The molecule has 0 radical (unpaired) electrons. The summed E-state index contributed by atoms with van der Waals surface area (Å²) < 4.78 is 71.0. The van der Waals surface area contributed by atoms with Crippen LogP contribution in [0.25, 0.3) is 10.9 Å². The van der Waals surface area contributed by atoms with Crippen molar-refractivity contribution >= 4 is 32.9 Å². The predicted octanol–water partition coefficient (Wildman–Crippen LogP) is 2.15. The molecule has 1 heterocycles. The minimum atomic E-state index is -4.56. The number of nitrogens with one attached hydrogen (secondary N) is 2. The van der Waals surface area contributed by atoms with Gasteiger partial charge in [-0.05, 0) is 32.0 Å². The molecule has 1 amide bonds. The normalized spacial score (nSPS) is 12.5. The quantitative estimate of drug-likeness (QED) is 0.328. The number of hydrogen-bond acceptors (Lipinski definition) is 5. The second kappa shape index (κ2) is 9.13. The average molecular weight is 438 g/mol. The number of ether oxygens (including phenoxy) is 1. The number of aromatic nitrogens is 1. The molecule has 29 heavy (non-hydrogen) atoms. The van der Waals surface area contributed by atoms with Gasteiger partial charge in [-0.3, -0.25) is 19.7 Å². The Hall–Kier alpha value is -2.80. The monoisotopic (exact) mass is 438 g/mol. The molecule has 0 unspecified atom stereocenters. The number of guanidine groups is 1. The molecule has 0 spiro atoms. The summed E-state index contributed by atoms with van der Waals surface area (Å²) in [6, 6.07) is 3.27. The van der Waals surface area contributed by atoms with Gasteiger partial charge in [-0.25, -0.2) is 0 Å². The molecule has 5 N–H and O–H groups in total. The molecule has 2 aromatic rings. The highest BCUT2D eigenvalue weighted by Crippen LogP contribution is 2.38. The maximum Gasteiger partial charge on any atom is 0.417 e. The van der Waals surface area contributed by atoms with E-state index in [0.717, 1.165) is 12.1 Å². The molecule has 0 fully saturated rings. The maximum atomic E-state index is 13.2. The Labute approximate surface area is 164 Å². The lowest BCUT2D eigenvalue weighted by atomic mass is 10.1. The molecule has 0 aliphatic rings. The lowest BCUT2D eigenvalue weighted by molar-refractivity contribution is -0.136. The zero-order valence-corrected chi connectivity index (χ0v) is 16.8. The number of benzene rings is 1. The molecule has 0 aliphatic heterocycles. The minimum absolute atomic E-state index is 0.0816. The number of rotatable bonds is 3. The van der Waals surface area contributed by atoms with Crippen LogP contribution in [0.3, 0.4) is 0 Å². The van der Waals surface area contributed by atoms with Gasteiger partial charge in [0.05, 0.1) is 23.4 Å². The summed E-state index contributed by atoms with van der Waals surface area (Å²) in [5.74, 6) is -0.615. The first-order valence-corrected chi connectivity index (χ1v) is 9.84. The van der Waals surface area contributed by atoms with Gasteiger partial charge >= 0.3 is 6.18 Å². The van der Waals surface area contributed by atoms with Gasteiger partial charge in [0.1, 0.15) is 11.4 Å². The largest absolute Gasteiger partial charge is 0.489 e. The van der Waals surface area contributed by atoms with Gasteiger partial charge in [-0.1, -0.05) is 0 Å². The van der Waals surface area contributed by atoms with E-state index in [-0.39, 0.29) is 34.4 Å². The summed E-state index contributed by atoms with van der Waals surface area (Å²) in [6.45, 7) is 3.50. The van der Waals surface area contributed by atoms with Crippen molar-refractivity contribution in [1.29, 1.82) is 0 Å². The van der Waals surface area contributed by atoms with Crippen LogP contribution in [0.1, 0.15) is 29.9 Å². The second-order valence-corrected chi connectivity index (χ2v) is 7.51. The van der Waals surface area contributed by atoms with E-state index in [2.05, 4.69) is 15.3 Å². The first-order valence-electron chi connectivity index (χ1n) is 7.99. The smallest absolute Gasteiger partial charge is 0.417 e. The molecule has 0 bridgehead atoms. The van der Waals surface area contributed by atoms with E-state index in [1.54, 1.807) is 13.8 Å². The van der Waals surface area contributed by atoms with Gasteiger partial charge < -0.3 is 15.5 Å². The fourth-order valence-electron chi connectivity index (χ4n) is 2.15. The van der Waals surface area contributed by atoms with Crippen LogP contribution in [0.5, 0.6) is 5.75 Å². The number of hydrogen-bond donors (Lipinski definition) is 4. The fourth-order valence-corrected chi connectivity index (χ4v) is 2.15. The van der Waals surface area contributed by atoms with Crippen molar-refractivity contribution < 1.29 is 35.7 Å². The van der Waals surface area contributed by atoms with E-state index in [1.807, 2.05) is 0 Å². The number of halogens is 3. The van der Waals surface area contributed by atoms with Crippen molar-refractivity contribution in [3.05, 3.63) is 29.5 Å². The molecule has 0 saturated heterocycles. The van der Waals surface area contributed by atoms with Crippen LogP contribution in [-0.2, 0) is 16.3 Å². The summed E-state index contributed by atoms with van der Waals surface area (Å²) in [5, 5.41) is 2.11. The lowest BCUT2D eigenvalue weighted by Crippen LogP contribution is -2.36. The molecular formula is C16H21F3N4O5S. The Morgan fingerprint density at radius 2 is 1.90 bits per heavy atom. The van der Waals surface area contributed by atoms with Crippen molar-refractivity contribution in [2.75, 3.05) is 13.3 Å². The number of carbonyl (C=O) groups is 1. The SMILES string of the molecule is CN=C(N)NC(=O)c1cc2c(C(F)(F)F)ccc(OC(C)C)c2[nH]1.CS(=O)(=O)O. The summed E-state index contributed by atoms with van der Waals surface area (Å²) in [5.41, 5.74) is 4.55. The van der Waals surface area contributed by atoms with Crippen LogP contribution in [-0.4, -0.2) is 49.2 Å². The van der Waals surface area contributed by atoms with E-state index in [4.69, 9.17) is 15.0 Å². The van der Waals surface area contributed by atoms with Gasteiger partial charge in [-0.15, -0.1) is 0 Å². The predicted molar refractivity (Wildman–Crippen MR) is 102 cm³/mol. The molecule has 13 heteroatoms. The number of amides is 1. The standard InChI is InChI=1S/C15H17F3N4O2.CH4O3S/c1-7(2)24-11-5-4-9(15(16,17)18)8-6-10(21-12(8)11)13(23)22-14(19)20-3;1-5(2,3)4/h4-7,21H,1-3H3,(H3,19,20,22,23);1H3,(H,2,3,4). The number of nitrogens with zero attached hydrogens (tertiary/aromatic N) is 1. The van der Waals surface area contributed by atoms with E-state index < -0.39 is 27.8 Å². The molecule has 0 aliphatic carbocycles. The Balaban J connectivity index is 0.000000749. The van der Waals surface area contributed by atoms with Crippen molar-refractivity contribution in [2.45, 2.75) is 26.1 Å². The molecule has 9 nitrogen and oxygen atoms in total. The number of aromatic amines is 1. The zero-order chi connectivity index (χ0) is 22.6. The summed E-state index contributed by atoms with van der Waals surface area (Å²) in [7, 11) is -2.29. The molecular weight excluding hydrogens is 417 g/mol. The first kappa shape index (κ1) is 24.2. The van der Waals surface area contributed by atoms with Gasteiger partial charge in [0.2, 0.25) is 0 Å². The number of aliphatic imine (C=N–C) groups is 1. The summed E-state index contributed by atoms with van der Waals surface area (Å²) >= 11 is 0. The number of alkyl halides is 3. The Kier molecular flexibility index (Phi) is 7.63. The molecule has 2 rings (SSSR count). The topological polar surface area (TPSA) is 147 Å². The lowest BCUT2D eigenvalue weighted by Gasteiger charge is -2.13. The third-order valence-corrected chi connectivity index (χ3v) is 3.15. The van der Waals surface area contributed by atoms with Crippen molar-refractivity contribution in [1.82, 2.24) is 10.3 Å². The third-order valence-electron chi connectivity index (χ3n) is 3.15. The van der Waals surface area contributed by atoms with Crippen molar-refractivity contribution in [3.8, 4) is 5.75 Å². The van der Waals surface area contributed by atoms with Crippen LogP contribution < -0.4 is 15.8 Å². The number of carbonyl (C=O) groups excluding carboxylic acids is 1. The summed E-state index contributed by atoms with van der Waals surface area (Å²) in [6.07, 6.45) is -4.09. The Morgan fingerprint density at radius 1 is 1.34 bits per heavy atom. The van der Waals surface area contributed by atoms with Crippen molar-refractivity contribution in [3.63, 3.8) is 0 Å². The number of nitrogens with two attached hydrogens (primary N) is 1. The number of fused-ring (bicyclic) bond motifs is 1.